The molecule has 0 atom stereocenters. The van der Waals surface area contributed by atoms with E-state index in [4.69, 9.17) is 4.74 Å². The number of carbonyl (C=O) groups is 1. The lowest BCUT2D eigenvalue weighted by Crippen LogP contribution is -2.24. The Bertz CT molecular complexity index is 696. The van der Waals surface area contributed by atoms with Crippen molar-refractivity contribution in [3.8, 4) is 11.5 Å². The fourth-order valence-electron chi connectivity index (χ4n) is 1.84. The lowest BCUT2D eigenvalue weighted by atomic mass is 10.1. The lowest BCUT2D eigenvalue weighted by molar-refractivity contribution is -0.123. The van der Waals surface area contributed by atoms with Crippen LogP contribution in [0.2, 0.25) is 0 Å². The number of benzene rings is 2. The van der Waals surface area contributed by atoms with Gasteiger partial charge in [-0.3, -0.25) is 4.79 Å². The minimum Gasteiger partial charge on any atom is -0.507 e. The van der Waals surface area contributed by atoms with E-state index >= 15 is 0 Å². The molecule has 0 saturated carbocycles. The summed E-state index contributed by atoms with van der Waals surface area (Å²) in [5.74, 6) is 0.375. The number of rotatable bonds is 5. The summed E-state index contributed by atoms with van der Waals surface area (Å²) in [6.45, 7) is 3.73. The first-order valence-electron chi connectivity index (χ1n) is 6.85. The number of hydrazone groups is 1. The molecule has 0 radical (unpaired) electrons. The van der Waals surface area contributed by atoms with Gasteiger partial charge in [0.1, 0.15) is 11.5 Å². The third kappa shape index (κ3) is 4.63. The quantitative estimate of drug-likeness (QED) is 0.658. The average molecular weight is 298 g/mol. The monoisotopic (exact) mass is 298 g/mol. The molecule has 0 aromatic heterocycles. The highest BCUT2D eigenvalue weighted by atomic mass is 16.5. The Morgan fingerprint density at radius 1 is 1.23 bits per heavy atom. The molecule has 0 spiro atoms. The average Bonchev–Trinajstić information content (AvgIpc) is 2.49. The number of nitrogens with zero attached hydrogens (tertiary/aromatic N) is 1. The molecule has 114 valence electrons. The highest BCUT2D eigenvalue weighted by molar-refractivity contribution is 5.85. The molecule has 1 amide bonds. The van der Waals surface area contributed by atoms with E-state index in [2.05, 4.69) is 10.5 Å². The predicted molar refractivity (Wildman–Crippen MR) is 85.3 cm³/mol. The molecule has 2 aromatic rings. The van der Waals surface area contributed by atoms with E-state index in [9.17, 15) is 9.90 Å². The van der Waals surface area contributed by atoms with Crippen LogP contribution in [0.15, 0.2) is 47.6 Å². The van der Waals surface area contributed by atoms with Gasteiger partial charge < -0.3 is 9.84 Å². The molecule has 2 aromatic carbocycles. The maximum atomic E-state index is 11.6. The van der Waals surface area contributed by atoms with Gasteiger partial charge in [0.2, 0.25) is 0 Å². The van der Waals surface area contributed by atoms with Crippen LogP contribution in [0, 0.1) is 13.8 Å². The second-order valence-corrected chi connectivity index (χ2v) is 4.96. The summed E-state index contributed by atoms with van der Waals surface area (Å²) in [4.78, 5) is 11.6. The molecular weight excluding hydrogens is 280 g/mol. The van der Waals surface area contributed by atoms with Crippen LogP contribution in [-0.4, -0.2) is 23.8 Å². The first-order valence-corrected chi connectivity index (χ1v) is 6.85. The molecule has 0 fully saturated rings. The van der Waals surface area contributed by atoms with Crippen LogP contribution in [0.4, 0.5) is 0 Å². The van der Waals surface area contributed by atoms with Crippen LogP contribution in [-0.2, 0) is 4.79 Å². The molecule has 0 aliphatic carbocycles. The van der Waals surface area contributed by atoms with Crippen molar-refractivity contribution in [3.05, 3.63) is 59.2 Å². The SMILES string of the molecule is Cc1cccc(OCC(=O)NN=Cc2cc(C)ccc2O)c1. The molecule has 0 aliphatic rings. The normalized spacial score (nSPS) is 10.6. The minimum atomic E-state index is -0.370. The van der Waals surface area contributed by atoms with Gasteiger partial charge in [0.25, 0.3) is 5.91 Å². The largest absolute Gasteiger partial charge is 0.507 e. The standard InChI is InChI=1S/C17H18N2O3/c1-12-4-3-5-15(9-12)22-11-17(21)19-18-10-14-8-13(2)6-7-16(14)20/h3-10,20H,11H2,1-2H3,(H,19,21). The third-order valence-corrected chi connectivity index (χ3v) is 2.94. The summed E-state index contributed by atoms with van der Waals surface area (Å²) in [5.41, 5.74) is 4.95. The molecule has 2 rings (SSSR count). The zero-order valence-corrected chi connectivity index (χ0v) is 12.5. The van der Waals surface area contributed by atoms with Crippen molar-refractivity contribution in [2.75, 3.05) is 6.61 Å². The van der Waals surface area contributed by atoms with E-state index in [1.54, 1.807) is 24.3 Å². The van der Waals surface area contributed by atoms with E-state index in [1.807, 2.05) is 32.0 Å². The number of hydrogen-bond donors (Lipinski definition) is 2. The number of phenols is 1. The smallest absolute Gasteiger partial charge is 0.277 e. The van der Waals surface area contributed by atoms with Gasteiger partial charge in [-0.15, -0.1) is 0 Å². The van der Waals surface area contributed by atoms with Gasteiger partial charge in [0.05, 0.1) is 6.21 Å². The Balaban J connectivity index is 1.85. The first kappa shape index (κ1) is 15.6. The molecule has 0 bridgehead atoms. The van der Waals surface area contributed by atoms with E-state index in [1.165, 1.54) is 6.21 Å². The summed E-state index contributed by atoms with van der Waals surface area (Å²) in [7, 11) is 0. The number of ether oxygens (including phenoxy) is 1. The molecule has 5 nitrogen and oxygen atoms in total. The van der Waals surface area contributed by atoms with Crippen LogP contribution in [0.3, 0.4) is 0 Å². The summed E-state index contributed by atoms with van der Waals surface area (Å²) in [6, 6.07) is 12.6. The van der Waals surface area contributed by atoms with E-state index < -0.39 is 0 Å². The van der Waals surface area contributed by atoms with Crippen LogP contribution >= 0.6 is 0 Å². The fourth-order valence-corrected chi connectivity index (χ4v) is 1.84. The van der Waals surface area contributed by atoms with Gasteiger partial charge in [-0.25, -0.2) is 5.43 Å². The maximum absolute atomic E-state index is 11.6. The van der Waals surface area contributed by atoms with Gasteiger partial charge in [0.15, 0.2) is 6.61 Å². The first-order chi connectivity index (χ1) is 10.5. The van der Waals surface area contributed by atoms with Gasteiger partial charge in [-0.05, 0) is 43.7 Å². The number of hydrogen-bond acceptors (Lipinski definition) is 4. The van der Waals surface area contributed by atoms with Gasteiger partial charge in [0, 0.05) is 5.56 Å². The van der Waals surface area contributed by atoms with Crippen LogP contribution in [0.5, 0.6) is 11.5 Å². The lowest BCUT2D eigenvalue weighted by Gasteiger charge is -2.05. The van der Waals surface area contributed by atoms with Gasteiger partial charge in [-0.2, -0.15) is 5.10 Å². The zero-order chi connectivity index (χ0) is 15.9. The number of nitrogens with one attached hydrogen (secondary N) is 1. The summed E-state index contributed by atoms with van der Waals surface area (Å²) >= 11 is 0. The minimum absolute atomic E-state index is 0.111. The molecule has 5 heteroatoms. The molecule has 0 heterocycles. The zero-order valence-electron chi connectivity index (χ0n) is 12.5. The fraction of sp³-hybridized carbons (Fsp3) is 0.176. The maximum Gasteiger partial charge on any atom is 0.277 e. The second-order valence-electron chi connectivity index (χ2n) is 4.96. The molecule has 22 heavy (non-hydrogen) atoms. The Kier molecular flexibility index (Phi) is 5.14. The van der Waals surface area contributed by atoms with Crippen LogP contribution in [0.25, 0.3) is 0 Å². The molecule has 0 aliphatic heterocycles. The highest BCUT2D eigenvalue weighted by Gasteiger charge is 2.02. The predicted octanol–water partition coefficient (Wildman–Crippen LogP) is 2.54. The van der Waals surface area contributed by atoms with Crippen LogP contribution in [0.1, 0.15) is 16.7 Å². The number of phenolic OH excluding ortho intramolecular Hbond substituents is 1. The number of carbonyl (C=O) groups excluding carboxylic acids is 1. The van der Waals surface area contributed by atoms with Crippen molar-refractivity contribution in [2.45, 2.75) is 13.8 Å². The van der Waals surface area contributed by atoms with Crippen molar-refractivity contribution in [3.63, 3.8) is 0 Å². The molecular formula is C17H18N2O3. The van der Waals surface area contributed by atoms with Gasteiger partial charge in [-0.1, -0.05) is 23.8 Å². The molecule has 2 N–H and O–H groups in total. The summed E-state index contributed by atoms with van der Waals surface area (Å²) < 4.78 is 5.36. The number of amides is 1. The van der Waals surface area contributed by atoms with Crippen LogP contribution < -0.4 is 10.2 Å². The van der Waals surface area contributed by atoms with Crippen molar-refractivity contribution in [1.29, 1.82) is 0 Å². The van der Waals surface area contributed by atoms with Crippen molar-refractivity contribution < 1.29 is 14.6 Å². The van der Waals surface area contributed by atoms with E-state index in [0.29, 0.717) is 11.3 Å². The third-order valence-electron chi connectivity index (χ3n) is 2.94. The van der Waals surface area contributed by atoms with E-state index in [0.717, 1.165) is 11.1 Å². The Morgan fingerprint density at radius 3 is 2.77 bits per heavy atom. The topological polar surface area (TPSA) is 70.9 Å². The Labute approximate surface area is 129 Å². The highest BCUT2D eigenvalue weighted by Crippen LogP contribution is 2.15. The summed E-state index contributed by atoms with van der Waals surface area (Å²) in [5, 5.41) is 13.5. The van der Waals surface area contributed by atoms with Crippen molar-refractivity contribution >= 4 is 12.1 Å². The van der Waals surface area contributed by atoms with E-state index in [-0.39, 0.29) is 18.3 Å². The number of aromatic hydroxyl groups is 1. The number of aryl methyl sites for hydroxylation is 2. The van der Waals surface area contributed by atoms with Crippen molar-refractivity contribution in [2.24, 2.45) is 5.10 Å². The molecule has 0 unspecified atom stereocenters. The molecule has 0 saturated heterocycles. The van der Waals surface area contributed by atoms with Crippen molar-refractivity contribution in [1.82, 2.24) is 5.43 Å². The second kappa shape index (κ2) is 7.26. The Hall–Kier alpha value is -2.82. The van der Waals surface area contributed by atoms with Gasteiger partial charge >= 0.3 is 0 Å². The Morgan fingerprint density at radius 2 is 2.00 bits per heavy atom. The summed E-state index contributed by atoms with van der Waals surface area (Å²) in [6.07, 6.45) is 1.40.